The van der Waals surface area contributed by atoms with Crippen molar-refractivity contribution < 1.29 is 45.7 Å². The molecule has 0 saturated heterocycles. The van der Waals surface area contributed by atoms with Gasteiger partial charge in [0.1, 0.15) is 4.90 Å². The number of hydrogen-bond donors (Lipinski definition) is 1. The standard InChI is InChI=1S/C18H17F2NO8S/c1-26-13-7-5-11(9-14(13)29-18(19)20)21-30(24,25)15-8-10(16(22)27-2)4-6-12(15)17(23)28-3/h4-9,18,21H,1-3H3. The lowest BCUT2D eigenvalue weighted by atomic mass is 10.1. The van der Waals surface area contributed by atoms with E-state index in [0.29, 0.717) is 0 Å². The molecule has 1 N–H and O–H groups in total. The summed E-state index contributed by atoms with van der Waals surface area (Å²) in [6.45, 7) is -3.17. The molecule has 0 radical (unpaired) electrons. The van der Waals surface area contributed by atoms with Gasteiger partial charge in [0.15, 0.2) is 11.5 Å². The fraction of sp³-hybridized carbons (Fsp3) is 0.222. The second-order valence-corrected chi connectivity index (χ2v) is 7.19. The first-order chi connectivity index (χ1) is 14.1. The zero-order chi connectivity index (χ0) is 22.5. The number of halogens is 2. The molecule has 0 saturated carbocycles. The van der Waals surface area contributed by atoms with Crippen LogP contribution < -0.4 is 14.2 Å². The van der Waals surface area contributed by atoms with E-state index in [1.165, 1.54) is 25.3 Å². The van der Waals surface area contributed by atoms with E-state index in [4.69, 9.17) is 4.74 Å². The van der Waals surface area contributed by atoms with Crippen molar-refractivity contribution in [2.24, 2.45) is 0 Å². The molecule has 30 heavy (non-hydrogen) atoms. The Hall–Kier alpha value is -3.41. The highest BCUT2D eigenvalue weighted by Gasteiger charge is 2.26. The summed E-state index contributed by atoms with van der Waals surface area (Å²) in [5, 5.41) is 0. The topological polar surface area (TPSA) is 117 Å². The van der Waals surface area contributed by atoms with Crippen molar-refractivity contribution in [1.82, 2.24) is 0 Å². The third-order valence-corrected chi connectivity index (χ3v) is 5.15. The predicted molar refractivity (Wildman–Crippen MR) is 99.6 cm³/mol. The molecule has 162 valence electrons. The number of anilines is 1. The number of methoxy groups -OCH3 is 3. The van der Waals surface area contributed by atoms with E-state index < -0.39 is 39.2 Å². The molecule has 2 aromatic rings. The Balaban J connectivity index is 2.53. The number of benzene rings is 2. The quantitative estimate of drug-likeness (QED) is 0.617. The van der Waals surface area contributed by atoms with Gasteiger partial charge in [-0.1, -0.05) is 0 Å². The minimum absolute atomic E-state index is 0.0545. The van der Waals surface area contributed by atoms with E-state index in [9.17, 15) is 26.8 Å². The van der Waals surface area contributed by atoms with Crippen molar-refractivity contribution in [2.75, 3.05) is 26.1 Å². The van der Waals surface area contributed by atoms with E-state index in [1.807, 2.05) is 0 Å². The molecule has 9 nitrogen and oxygen atoms in total. The van der Waals surface area contributed by atoms with E-state index in [0.717, 1.165) is 32.4 Å². The molecule has 0 aliphatic carbocycles. The Labute approximate surface area is 170 Å². The minimum Gasteiger partial charge on any atom is -0.493 e. The smallest absolute Gasteiger partial charge is 0.387 e. The van der Waals surface area contributed by atoms with Gasteiger partial charge in [0.25, 0.3) is 10.0 Å². The molecule has 2 rings (SSSR count). The number of nitrogens with one attached hydrogen (secondary N) is 1. The normalized spacial score (nSPS) is 11.0. The van der Waals surface area contributed by atoms with Gasteiger partial charge in [-0.3, -0.25) is 4.72 Å². The Bertz CT molecular complexity index is 1060. The zero-order valence-corrected chi connectivity index (χ0v) is 16.8. The second kappa shape index (κ2) is 9.39. The highest BCUT2D eigenvalue weighted by Crippen LogP contribution is 2.32. The number of esters is 2. The Morgan fingerprint density at radius 3 is 2.17 bits per heavy atom. The van der Waals surface area contributed by atoms with Crippen LogP contribution in [-0.4, -0.2) is 48.3 Å². The number of sulfonamides is 1. The Morgan fingerprint density at radius 2 is 1.60 bits per heavy atom. The summed E-state index contributed by atoms with van der Waals surface area (Å²) in [5.74, 6) is -2.27. The molecule has 0 aliphatic heterocycles. The maximum absolute atomic E-state index is 12.9. The van der Waals surface area contributed by atoms with Crippen LogP contribution in [0.4, 0.5) is 14.5 Å². The van der Waals surface area contributed by atoms with Gasteiger partial charge in [0, 0.05) is 6.07 Å². The number of ether oxygens (including phenoxy) is 4. The van der Waals surface area contributed by atoms with Crippen molar-refractivity contribution in [1.29, 1.82) is 0 Å². The summed E-state index contributed by atoms with van der Waals surface area (Å²) in [6.07, 6.45) is 0. The molecule has 0 unspecified atom stereocenters. The average molecular weight is 445 g/mol. The van der Waals surface area contributed by atoms with Crippen molar-refractivity contribution in [3.8, 4) is 11.5 Å². The minimum atomic E-state index is -4.47. The van der Waals surface area contributed by atoms with E-state index in [-0.39, 0.29) is 22.6 Å². The molecule has 12 heteroatoms. The third kappa shape index (κ3) is 5.14. The van der Waals surface area contributed by atoms with Gasteiger partial charge >= 0.3 is 18.6 Å². The lowest BCUT2D eigenvalue weighted by Gasteiger charge is -2.15. The largest absolute Gasteiger partial charge is 0.493 e. The van der Waals surface area contributed by atoms with Gasteiger partial charge in [0.2, 0.25) is 0 Å². The molecular formula is C18H17F2NO8S. The summed E-state index contributed by atoms with van der Waals surface area (Å²) in [5.41, 5.74) is -0.650. The van der Waals surface area contributed by atoms with Gasteiger partial charge in [-0.15, -0.1) is 0 Å². The van der Waals surface area contributed by atoms with Gasteiger partial charge in [-0.05, 0) is 30.3 Å². The molecule has 2 aromatic carbocycles. The van der Waals surface area contributed by atoms with Gasteiger partial charge in [-0.25, -0.2) is 18.0 Å². The van der Waals surface area contributed by atoms with Crippen LogP contribution in [0.1, 0.15) is 20.7 Å². The molecule has 0 spiro atoms. The highest BCUT2D eigenvalue weighted by atomic mass is 32.2. The van der Waals surface area contributed by atoms with Crippen molar-refractivity contribution in [2.45, 2.75) is 11.5 Å². The average Bonchev–Trinajstić information content (AvgIpc) is 2.71. The Kier molecular flexibility index (Phi) is 7.16. The summed E-state index contributed by atoms with van der Waals surface area (Å²) >= 11 is 0. The van der Waals surface area contributed by atoms with Crippen LogP contribution in [0.2, 0.25) is 0 Å². The monoisotopic (exact) mass is 445 g/mol. The predicted octanol–water partition coefficient (Wildman–Crippen LogP) is 2.67. The maximum atomic E-state index is 12.9. The second-order valence-electron chi connectivity index (χ2n) is 5.54. The lowest BCUT2D eigenvalue weighted by Crippen LogP contribution is -2.19. The van der Waals surface area contributed by atoms with E-state index >= 15 is 0 Å². The van der Waals surface area contributed by atoms with E-state index in [2.05, 4.69) is 18.9 Å². The fourth-order valence-corrected chi connectivity index (χ4v) is 3.68. The first-order valence-corrected chi connectivity index (χ1v) is 9.57. The molecule has 0 aliphatic rings. The van der Waals surface area contributed by atoms with E-state index in [1.54, 1.807) is 0 Å². The molecule has 0 amide bonds. The highest BCUT2D eigenvalue weighted by molar-refractivity contribution is 7.92. The SMILES string of the molecule is COC(=O)c1ccc(C(=O)OC)c(S(=O)(=O)Nc2ccc(OC)c(OC(F)F)c2)c1. The number of rotatable bonds is 8. The summed E-state index contributed by atoms with van der Waals surface area (Å²) in [4.78, 5) is 23.2. The number of carbonyl (C=O) groups excluding carboxylic acids is 2. The Morgan fingerprint density at radius 1 is 0.933 bits per heavy atom. The van der Waals surface area contributed by atoms with Crippen molar-refractivity contribution in [3.63, 3.8) is 0 Å². The van der Waals surface area contributed by atoms with Crippen LogP contribution in [0.5, 0.6) is 11.5 Å². The first-order valence-electron chi connectivity index (χ1n) is 8.09. The number of hydrogen-bond acceptors (Lipinski definition) is 8. The van der Waals surface area contributed by atoms with Gasteiger partial charge in [0.05, 0.1) is 38.1 Å². The molecule has 0 heterocycles. The van der Waals surface area contributed by atoms with Crippen LogP contribution in [0.15, 0.2) is 41.3 Å². The van der Waals surface area contributed by atoms with Crippen molar-refractivity contribution in [3.05, 3.63) is 47.5 Å². The fourth-order valence-electron chi connectivity index (χ4n) is 2.41. The van der Waals surface area contributed by atoms with Gasteiger partial charge < -0.3 is 18.9 Å². The summed E-state index contributed by atoms with van der Waals surface area (Å²) < 4.78 is 71.5. The van der Waals surface area contributed by atoms with Crippen LogP contribution in [0.25, 0.3) is 0 Å². The van der Waals surface area contributed by atoms with Crippen LogP contribution >= 0.6 is 0 Å². The van der Waals surface area contributed by atoms with Crippen LogP contribution in [0, 0.1) is 0 Å². The number of alkyl halides is 2. The first kappa shape index (κ1) is 22.9. The van der Waals surface area contributed by atoms with Crippen LogP contribution in [0.3, 0.4) is 0 Å². The summed E-state index contributed by atoms with van der Waals surface area (Å²) in [6, 6.07) is 6.63. The molecule has 0 aromatic heterocycles. The number of carbonyl (C=O) groups is 2. The summed E-state index contributed by atoms with van der Waals surface area (Å²) in [7, 11) is -1.09. The van der Waals surface area contributed by atoms with Gasteiger partial charge in [-0.2, -0.15) is 8.78 Å². The molecule has 0 bridgehead atoms. The maximum Gasteiger partial charge on any atom is 0.387 e. The lowest BCUT2D eigenvalue weighted by molar-refractivity contribution is -0.0511. The third-order valence-electron chi connectivity index (χ3n) is 3.73. The molecular weight excluding hydrogens is 428 g/mol. The molecule has 0 fully saturated rings. The van der Waals surface area contributed by atoms with Crippen molar-refractivity contribution >= 4 is 27.6 Å². The van der Waals surface area contributed by atoms with Crippen LogP contribution in [-0.2, 0) is 19.5 Å². The zero-order valence-electron chi connectivity index (χ0n) is 16.0. The molecule has 0 atom stereocenters.